The van der Waals surface area contributed by atoms with Gasteiger partial charge in [0.2, 0.25) is 0 Å². The molecular weight excluding hydrogens is 338 g/mol. The summed E-state index contributed by atoms with van der Waals surface area (Å²) in [5, 5.41) is 14.1. The van der Waals surface area contributed by atoms with Crippen molar-refractivity contribution in [3.8, 4) is 11.5 Å². The van der Waals surface area contributed by atoms with Gasteiger partial charge in [-0.25, -0.2) is 0 Å². The zero-order chi connectivity index (χ0) is 17.9. The molecule has 0 spiro atoms. The minimum absolute atomic E-state index is 0.451. The number of nitrogens with one attached hydrogen (secondary N) is 1. The van der Waals surface area contributed by atoms with Gasteiger partial charge in [-0.1, -0.05) is 35.9 Å². The van der Waals surface area contributed by atoms with Crippen molar-refractivity contribution in [2.45, 2.75) is 25.9 Å². The molecule has 0 saturated carbocycles. The predicted octanol–water partition coefficient (Wildman–Crippen LogP) is 4.22. The molecule has 2 aromatic rings. The van der Waals surface area contributed by atoms with Crippen molar-refractivity contribution in [3.63, 3.8) is 0 Å². The van der Waals surface area contributed by atoms with Crippen LogP contribution < -0.4 is 14.8 Å². The van der Waals surface area contributed by atoms with Gasteiger partial charge < -0.3 is 19.9 Å². The maximum absolute atomic E-state index is 10.1. The highest BCUT2D eigenvalue weighted by Gasteiger charge is 2.07. The van der Waals surface area contributed by atoms with Crippen molar-refractivity contribution < 1.29 is 14.6 Å². The Balaban J connectivity index is 1.58. The number of aliphatic hydroxyl groups is 1. The van der Waals surface area contributed by atoms with Crippen molar-refractivity contribution in [3.05, 3.63) is 59.1 Å². The lowest BCUT2D eigenvalue weighted by molar-refractivity contribution is 0.164. The fraction of sp³-hybridized carbons (Fsp3) is 0.400. The molecule has 0 aliphatic rings. The standard InChI is InChI=1S/C20H26ClNO3/c1-2-24-19-7-3-4-8-20(19)25-15-14-22-13-5-6-18(23)16-9-11-17(21)12-10-16/h3-4,7-12,18,22-23H,2,5-6,13-15H2,1H3. The molecule has 0 amide bonds. The van der Waals surface area contributed by atoms with E-state index in [9.17, 15) is 5.11 Å². The fourth-order valence-electron chi connectivity index (χ4n) is 2.47. The molecule has 0 radical (unpaired) electrons. The van der Waals surface area contributed by atoms with E-state index in [1.165, 1.54) is 0 Å². The molecule has 0 fully saturated rings. The highest BCUT2D eigenvalue weighted by molar-refractivity contribution is 6.30. The Morgan fingerprint density at radius 1 is 1.00 bits per heavy atom. The predicted molar refractivity (Wildman–Crippen MR) is 102 cm³/mol. The topological polar surface area (TPSA) is 50.7 Å². The highest BCUT2D eigenvalue weighted by atomic mass is 35.5. The molecule has 25 heavy (non-hydrogen) atoms. The summed E-state index contributed by atoms with van der Waals surface area (Å²) in [5.74, 6) is 1.54. The Morgan fingerprint density at radius 3 is 2.36 bits per heavy atom. The van der Waals surface area contributed by atoms with Crippen molar-refractivity contribution in [1.82, 2.24) is 5.32 Å². The van der Waals surface area contributed by atoms with E-state index in [4.69, 9.17) is 21.1 Å². The maximum atomic E-state index is 10.1. The van der Waals surface area contributed by atoms with Crippen molar-refractivity contribution in [2.75, 3.05) is 26.3 Å². The van der Waals surface area contributed by atoms with E-state index < -0.39 is 6.10 Å². The van der Waals surface area contributed by atoms with Gasteiger partial charge in [0.1, 0.15) is 6.61 Å². The van der Waals surface area contributed by atoms with Crippen LogP contribution in [-0.4, -0.2) is 31.4 Å². The highest BCUT2D eigenvalue weighted by Crippen LogP contribution is 2.26. The maximum Gasteiger partial charge on any atom is 0.161 e. The SMILES string of the molecule is CCOc1ccccc1OCCNCCCC(O)c1ccc(Cl)cc1. The number of benzene rings is 2. The van der Waals surface area contributed by atoms with Gasteiger partial charge in [-0.2, -0.15) is 0 Å². The third-order valence-electron chi connectivity index (χ3n) is 3.77. The van der Waals surface area contributed by atoms with Crippen LogP contribution in [0, 0.1) is 0 Å². The lowest BCUT2D eigenvalue weighted by atomic mass is 10.1. The molecule has 2 N–H and O–H groups in total. The number of ether oxygens (including phenoxy) is 2. The second-order valence-electron chi connectivity index (χ2n) is 5.69. The van der Waals surface area contributed by atoms with Crippen LogP contribution in [-0.2, 0) is 0 Å². The molecule has 0 heterocycles. The van der Waals surface area contributed by atoms with E-state index in [0.29, 0.717) is 24.7 Å². The Morgan fingerprint density at radius 2 is 1.68 bits per heavy atom. The van der Waals surface area contributed by atoms with Crippen LogP contribution in [0.1, 0.15) is 31.4 Å². The Kier molecular flexibility index (Phi) is 8.60. The second kappa shape index (κ2) is 11.0. The summed E-state index contributed by atoms with van der Waals surface area (Å²) in [6.07, 6.45) is 1.15. The van der Waals surface area contributed by atoms with Crippen LogP contribution in [0.3, 0.4) is 0 Å². The van der Waals surface area contributed by atoms with Gasteiger partial charge in [0.05, 0.1) is 12.7 Å². The first kappa shape index (κ1) is 19.6. The number of aliphatic hydroxyl groups excluding tert-OH is 1. The summed E-state index contributed by atoms with van der Waals surface area (Å²) >= 11 is 5.85. The average Bonchev–Trinajstić information content (AvgIpc) is 2.63. The Hall–Kier alpha value is -1.75. The minimum Gasteiger partial charge on any atom is -0.490 e. The van der Waals surface area contributed by atoms with Crippen LogP contribution in [0.2, 0.25) is 5.02 Å². The molecule has 2 rings (SSSR count). The smallest absolute Gasteiger partial charge is 0.161 e. The number of para-hydroxylation sites is 2. The van der Waals surface area contributed by atoms with E-state index in [-0.39, 0.29) is 0 Å². The normalized spacial score (nSPS) is 12.0. The van der Waals surface area contributed by atoms with E-state index in [0.717, 1.165) is 36.6 Å². The average molecular weight is 364 g/mol. The summed E-state index contributed by atoms with van der Waals surface area (Å²) < 4.78 is 11.3. The first-order valence-corrected chi connectivity index (χ1v) is 9.07. The summed E-state index contributed by atoms with van der Waals surface area (Å²) in [5.41, 5.74) is 0.903. The van der Waals surface area contributed by atoms with Crippen LogP contribution in [0.25, 0.3) is 0 Å². The molecule has 4 nitrogen and oxygen atoms in total. The third-order valence-corrected chi connectivity index (χ3v) is 4.02. The molecule has 5 heteroatoms. The Labute approximate surface area is 154 Å². The molecule has 0 saturated heterocycles. The zero-order valence-corrected chi connectivity index (χ0v) is 15.3. The molecule has 1 unspecified atom stereocenters. The van der Waals surface area contributed by atoms with Crippen molar-refractivity contribution in [1.29, 1.82) is 0 Å². The van der Waals surface area contributed by atoms with E-state index in [2.05, 4.69) is 5.32 Å². The second-order valence-corrected chi connectivity index (χ2v) is 6.12. The molecule has 0 bridgehead atoms. The summed E-state index contributed by atoms with van der Waals surface area (Å²) in [7, 11) is 0. The number of halogens is 1. The molecule has 2 aromatic carbocycles. The van der Waals surface area contributed by atoms with Crippen LogP contribution in [0.5, 0.6) is 11.5 Å². The summed E-state index contributed by atoms with van der Waals surface area (Å²) in [6.45, 7) is 4.73. The Bertz CT molecular complexity index is 619. The first-order valence-electron chi connectivity index (χ1n) is 8.69. The summed E-state index contributed by atoms with van der Waals surface area (Å²) in [6, 6.07) is 15.0. The lowest BCUT2D eigenvalue weighted by Gasteiger charge is -2.13. The third kappa shape index (κ3) is 6.94. The van der Waals surface area contributed by atoms with E-state index in [1.807, 2.05) is 43.3 Å². The van der Waals surface area contributed by atoms with Gasteiger partial charge in [0.15, 0.2) is 11.5 Å². The molecule has 1 atom stereocenters. The summed E-state index contributed by atoms with van der Waals surface area (Å²) in [4.78, 5) is 0. The van der Waals surface area contributed by atoms with Crippen LogP contribution >= 0.6 is 11.6 Å². The number of rotatable bonds is 11. The fourth-order valence-corrected chi connectivity index (χ4v) is 2.60. The van der Waals surface area contributed by atoms with Crippen LogP contribution in [0.15, 0.2) is 48.5 Å². The first-order chi connectivity index (χ1) is 12.2. The van der Waals surface area contributed by atoms with Gasteiger partial charge in [-0.05, 0) is 56.1 Å². The van der Waals surface area contributed by atoms with Gasteiger partial charge in [0.25, 0.3) is 0 Å². The van der Waals surface area contributed by atoms with Gasteiger partial charge >= 0.3 is 0 Å². The largest absolute Gasteiger partial charge is 0.490 e. The van der Waals surface area contributed by atoms with Crippen LogP contribution in [0.4, 0.5) is 0 Å². The number of hydrogen-bond acceptors (Lipinski definition) is 4. The van der Waals surface area contributed by atoms with Crippen molar-refractivity contribution >= 4 is 11.6 Å². The lowest BCUT2D eigenvalue weighted by Crippen LogP contribution is -2.22. The van der Waals surface area contributed by atoms with Gasteiger partial charge in [0, 0.05) is 11.6 Å². The quantitative estimate of drug-likeness (QED) is 0.587. The molecule has 0 aliphatic carbocycles. The van der Waals surface area contributed by atoms with Crippen molar-refractivity contribution in [2.24, 2.45) is 0 Å². The van der Waals surface area contributed by atoms with E-state index >= 15 is 0 Å². The number of hydrogen-bond donors (Lipinski definition) is 2. The zero-order valence-electron chi connectivity index (χ0n) is 14.6. The molecular formula is C20H26ClNO3. The van der Waals surface area contributed by atoms with Gasteiger partial charge in [-0.15, -0.1) is 0 Å². The molecule has 0 aromatic heterocycles. The molecule has 136 valence electrons. The minimum atomic E-state index is -0.451. The van der Waals surface area contributed by atoms with Gasteiger partial charge in [-0.3, -0.25) is 0 Å². The van der Waals surface area contributed by atoms with E-state index in [1.54, 1.807) is 12.1 Å². The molecule has 0 aliphatic heterocycles. The monoisotopic (exact) mass is 363 g/mol.